The minimum Gasteiger partial charge on any atom is -0.399 e. The molecule has 0 bridgehead atoms. The molecule has 1 spiro atoms. The Bertz CT molecular complexity index is 474. The lowest BCUT2D eigenvalue weighted by molar-refractivity contribution is -0.0555. The third kappa shape index (κ3) is 3.12. The molecule has 0 amide bonds. The highest BCUT2D eigenvalue weighted by Crippen LogP contribution is 2.43. The van der Waals surface area contributed by atoms with Crippen LogP contribution >= 0.6 is 11.8 Å². The van der Waals surface area contributed by atoms with Crippen molar-refractivity contribution in [1.29, 1.82) is 0 Å². The first-order valence-electron chi connectivity index (χ1n) is 7.53. The fourth-order valence-corrected chi connectivity index (χ4v) is 4.35. The number of hydrogen-bond acceptors (Lipinski definition) is 3. The van der Waals surface area contributed by atoms with E-state index in [4.69, 9.17) is 10.5 Å². The molecule has 0 aromatic heterocycles. The normalized spacial score (nSPS) is 25.1. The predicted octanol–water partition coefficient (Wildman–Crippen LogP) is 4.38. The summed E-state index contributed by atoms with van der Waals surface area (Å²) >= 11 is 1.54. The molecule has 2 N–H and O–H groups in total. The van der Waals surface area contributed by atoms with Crippen LogP contribution in [0.15, 0.2) is 23.1 Å². The summed E-state index contributed by atoms with van der Waals surface area (Å²) in [6, 6.07) is 4.91. The second-order valence-corrected chi connectivity index (χ2v) is 7.08. The molecule has 2 fully saturated rings. The van der Waals surface area contributed by atoms with Gasteiger partial charge in [0, 0.05) is 16.3 Å². The molecule has 3 rings (SSSR count). The van der Waals surface area contributed by atoms with Gasteiger partial charge in [-0.1, -0.05) is 19.3 Å². The van der Waals surface area contributed by atoms with Gasteiger partial charge in [-0.15, -0.1) is 11.8 Å². The van der Waals surface area contributed by atoms with Crippen LogP contribution in [-0.2, 0) is 4.74 Å². The maximum Gasteiger partial charge on any atom is 0.138 e. The van der Waals surface area contributed by atoms with Crippen molar-refractivity contribution < 1.29 is 9.13 Å². The molecule has 0 radical (unpaired) electrons. The molecule has 1 saturated heterocycles. The molecule has 1 unspecified atom stereocenters. The van der Waals surface area contributed by atoms with Gasteiger partial charge in [-0.3, -0.25) is 0 Å². The van der Waals surface area contributed by atoms with E-state index in [9.17, 15) is 4.39 Å². The van der Waals surface area contributed by atoms with Crippen molar-refractivity contribution in [2.45, 2.75) is 61.5 Å². The van der Waals surface area contributed by atoms with Crippen molar-refractivity contribution in [3.8, 4) is 0 Å². The molecule has 2 aliphatic rings. The van der Waals surface area contributed by atoms with Gasteiger partial charge in [-0.2, -0.15) is 0 Å². The summed E-state index contributed by atoms with van der Waals surface area (Å²) < 4.78 is 20.0. The molecule has 1 aliphatic heterocycles. The van der Waals surface area contributed by atoms with Crippen LogP contribution in [-0.4, -0.2) is 17.5 Å². The Morgan fingerprint density at radius 3 is 2.80 bits per heavy atom. The minimum atomic E-state index is -0.222. The summed E-state index contributed by atoms with van der Waals surface area (Å²) in [5.41, 5.74) is 6.20. The van der Waals surface area contributed by atoms with Gasteiger partial charge in [0.25, 0.3) is 0 Å². The molecule has 1 saturated carbocycles. The van der Waals surface area contributed by atoms with Crippen molar-refractivity contribution in [2.75, 3.05) is 11.5 Å². The molecule has 1 aromatic rings. The van der Waals surface area contributed by atoms with Crippen LogP contribution in [0.5, 0.6) is 0 Å². The number of anilines is 1. The van der Waals surface area contributed by atoms with Gasteiger partial charge in [-0.05, 0) is 43.9 Å². The van der Waals surface area contributed by atoms with Crippen LogP contribution in [0.2, 0.25) is 0 Å². The quantitative estimate of drug-likeness (QED) is 0.664. The van der Waals surface area contributed by atoms with E-state index in [-0.39, 0.29) is 17.5 Å². The number of thioether (sulfide) groups is 1. The fourth-order valence-electron chi connectivity index (χ4n) is 3.39. The predicted molar refractivity (Wildman–Crippen MR) is 81.5 cm³/mol. The van der Waals surface area contributed by atoms with Crippen LogP contribution in [0.1, 0.15) is 44.9 Å². The molecule has 1 heterocycles. The van der Waals surface area contributed by atoms with E-state index in [1.807, 2.05) is 0 Å². The number of rotatable bonds is 3. The third-order valence-electron chi connectivity index (χ3n) is 4.48. The van der Waals surface area contributed by atoms with Gasteiger partial charge < -0.3 is 10.5 Å². The first-order valence-corrected chi connectivity index (χ1v) is 8.51. The van der Waals surface area contributed by atoms with E-state index < -0.39 is 0 Å². The average Bonchev–Trinajstić information content (AvgIpc) is 2.82. The summed E-state index contributed by atoms with van der Waals surface area (Å²) in [5, 5.41) is 0. The highest BCUT2D eigenvalue weighted by Gasteiger charge is 2.40. The number of halogens is 1. The van der Waals surface area contributed by atoms with Gasteiger partial charge in [0.1, 0.15) is 5.82 Å². The van der Waals surface area contributed by atoms with Gasteiger partial charge in [0.2, 0.25) is 0 Å². The molecule has 1 atom stereocenters. The number of ether oxygens (including phenoxy) is 1. The van der Waals surface area contributed by atoms with Crippen LogP contribution in [0.4, 0.5) is 10.1 Å². The Kier molecular flexibility index (Phi) is 4.22. The van der Waals surface area contributed by atoms with E-state index in [1.54, 1.807) is 23.9 Å². The Balaban J connectivity index is 1.54. The van der Waals surface area contributed by atoms with Crippen LogP contribution in [0.3, 0.4) is 0 Å². The topological polar surface area (TPSA) is 35.2 Å². The standard InChI is InChI=1S/C16H22FNOS/c17-14-10-12(18)4-5-15(14)20-11-13-6-9-16(19-13)7-2-1-3-8-16/h4-5,10,13H,1-3,6-9,11,18H2. The second kappa shape index (κ2) is 5.94. The van der Waals surface area contributed by atoms with Crippen molar-refractivity contribution >= 4 is 17.4 Å². The van der Waals surface area contributed by atoms with Crippen molar-refractivity contribution in [3.05, 3.63) is 24.0 Å². The zero-order chi connectivity index (χ0) is 14.0. The van der Waals surface area contributed by atoms with Gasteiger partial charge in [-0.25, -0.2) is 4.39 Å². The number of benzene rings is 1. The van der Waals surface area contributed by atoms with E-state index in [0.717, 1.165) is 12.2 Å². The second-order valence-electron chi connectivity index (χ2n) is 6.02. The van der Waals surface area contributed by atoms with Crippen molar-refractivity contribution in [3.63, 3.8) is 0 Å². The summed E-state index contributed by atoms with van der Waals surface area (Å²) in [6.45, 7) is 0. The van der Waals surface area contributed by atoms with Crippen LogP contribution in [0, 0.1) is 5.82 Å². The number of nitrogen functional groups attached to an aromatic ring is 1. The molecule has 4 heteroatoms. The molecule has 110 valence electrons. The number of hydrogen-bond donors (Lipinski definition) is 1. The Morgan fingerprint density at radius 1 is 1.25 bits per heavy atom. The zero-order valence-corrected chi connectivity index (χ0v) is 12.6. The maximum atomic E-state index is 13.7. The first kappa shape index (κ1) is 14.2. The monoisotopic (exact) mass is 295 g/mol. The Labute approximate surface area is 124 Å². The lowest BCUT2D eigenvalue weighted by atomic mass is 9.83. The lowest BCUT2D eigenvalue weighted by Crippen LogP contribution is -2.32. The Morgan fingerprint density at radius 2 is 2.05 bits per heavy atom. The van der Waals surface area contributed by atoms with E-state index >= 15 is 0 Å². The third-order valence-corrected chi connectivity index (χ3v) is 5.66. The highest BCUT2D eigenvalue weighted by molar-refractivity contribution is 7.99. The maximum absolute atomic E-state index is 13.7. The lowest BCUT2D eigenvalue weighted by Gasteiger charge is -2.33. The Hall–Kier alpha value is -0.740. The fraction of sp³-hybridized carbons (Fsp3) is 0.625. The zero-order valence-electron chi connectivity index (χ0n) is 11.7. The highest BCUT2D eigenvalue weighted by atomic mass is 32.2. The summed E-state index contributed by atoms with van der Waals surface area (Å²) in [4.78, 5) is 0.674. The smallest absolute Gasteiger partial charge is 0.138 e. The van der Waals surface area contributed by atoms with E-state index in [2.05, 4.69) is 0 Å². The largest absolute Gasteiger partial charge is 0.399 e. The van der Waals surface area contributed by atoms with Crippen LogP contribution < -0.4 is 5.73 Å². The van der Waals surface area contributed by atoms with Crippen molar-refractivity contribution in [1.82, 2.24) is 0 Å². The molecule has 2 nitrogen and oxygen atoms in total. The molecular formula is C16H22FNOS. The summed E-state index contributed by atoms with van der Waals surface area (Å²) in [6.07, 6.45) is 8.94. The number of nitrogens with two attached hydrogens (primary N) is 1. The average molecular weight is 295 g/mol. The van der Waals surface area contributed by atoms with Gasteiger partial charge in [0.05, 0.1) is 11.7 Å². The van der Waals surface area contributed by atoms with Crippen molar-refractivity contribution in [2.24, 2.45) is 0 Å². The molecule has 1 aromatic carbocycles. The SMILES string of the molecule is Nc1ccc(SCC2CCC3(CCCCC3)O2)c(F)c1. The van der Waals surface area contributed by atoms with E-state index in [0.29, 0.717) is 10.6 Å². The molecule has 20 heavy (non-hydrogen) atoms. The summed E-state index contributed by atoms with van der Waals surface area (Å²) in [5.74, 6) is 0.614. The van der Waals surface area contributed by atoms with Gasteiger partial charge >= 0.3 is 0 Å². The molecule has 1 aliphatic carbocycles. The van der Waals surface area contributed by atoms with E-state index in [1.165, 1.54) is 44.6 Å². The molecular weight excluding hydrogens is 273 g/mol. The van der Waals surface area contributed by atoms with Crippen LogP contribution in [0.25, 0.3) is 0 Å². The van der Waals surface area contributed by atoms with Gasteiger partial charge in [0.15, 0.2) is 0 Å². The minimum absolute atomic E-state index is 0.156. The first-order chi connectivity index (χ1) is 9.67. The summed E-state index contributed by atoms with van der Waals surface area (Å²) in [7, 11) is 0.